The van der Waals surface area contributed by atoms with Gasteiger partial charge < -0.3 is 10.3 Å². The molecule has 0 radical (unpaired) electrons. The molecule has 0 bridgehead atoms. The molecular formula is C16H18N4O2S. The molecule has 0 saturated heterocycles. The number of sulfone groups is 1. The molecule has 6 nitrogen and oxygen atoms in total. The first-order valence-electron chi connectivity index (χ1n) is 7.29. The number of nitrogens with one attached hydrogen (secondary N) is 2. The zero-order valence-corrected chi connectivity index (χ0v) is 13.6. The fourth-order valence-electron chi connectivity index (χ4n) is 2.44. The van der Waals surface area contributed by atoms with E-state index in [1.165, 1.54) is 12.6 Å². The average Bonchev–Trinajstić information content (AvgIpc) is 2.97. The maximum absolute atomic E-state index is 11.3. The van der Waals surface area contributed by atoms with Gasteiger partial charge >= 0.3 is 0 Å². The van der Waals surface area contributed by atoms with Crippen LogP contribution in [-0.2, 0) is 22.0 Å². The molecular weight excluding hydrogens is 312 g/mol. The van der Waals surface area contributed by atoms with Crippen LogP contribution in [0.25, 0.3) is 11.0 Å². The summed E-state index contributed by atoms with van der Waals surface area (Å²) in [6.07, 6.45) is 5.44. The summed E-state index contributed by atoms with van der Waals surface area (Å²) in [6, 6.07) is 9.61. The van der Waals surface area contributed by atoms with Gasteiger partial charge in [-0.05, 0) is 23.6 Å². The highest BCUT2D eigenvalue weighted by molar-refractivity contribution is 7.89. The fourth-order valence-corrected chi connectivity index (χ4v) is 3.24. The zero-order valence-electron chi connectivity index (χ0n) is 12.8. The second-order valence-corrected chi connectivity index (χ2v) is 7.67. The molecule has 2 heterocycles. The van der Waals surface area contributed by atoms with Crippen LogP contribution in [0.5, 0.6) is 0 Å². The van der Waals surface area contributed by atoms with Crippen molar-refractivity contribution < 1.29 is 8.42 Å². The molecule has 7 heteroatoms. The lowest BCUT2D eigenvalue weighted by atomic mass is 10.1. The Labute approximate surface area is 134 Å². The van der Waals surface area contributed by atoms with Gasteiger partial charge in [0.25, 0.3) is 0 Å². The second-order valence-electron chi connectivity index (χ2n) is 5.53. The smallest absolute Gasteiger partial charge is 0.151 e. The van der Waals surface area contributed by atoms with Gasteiger partial charge in [0.1, 0.15) is 17.8 Å². The van der Waals surface area contributed by atoms with Crippen molar-refractivity contribution in [3.05, 3.63) is 54.0 Å². The Balaban J connectivity index is 1.59. The first-order valence-corrected chi connectivity index (χ1v) is 9.35. The maximum atomic E-state index is 11.3. The average molecular weight is 330 g/mol. The Kier molecular flexibility index (Phi) is 4.29. The summed E-state index contributed by atoms with van der Waals surface area (Å²) >= 11 is 0. The molecule has 23 heavy (non-hydrogen) atoms. The molecule has 0 spiro atoms. The summed E-state index contributed by atoms with van der Waals surface area (Å²) in [7, 11) is -2.99. The van der Waals surface area contributed by atoms with E-state index in [0.717, 1.165) is 40.9 Å². The lowest BCUT2D eigenvalue weighted by molar-refractivity contribution is 0.601. The molecule has 3 rings (SSSR count). The maximum Gasteiger partial charge on any atom is 0.151 e. The minimum atomic E-state index is -2.99. The molecule has 0 unspecified atom stereocenters. The number of hydrogen-bond donors (Lipinski definition) is 2. The normalized spacial score (nSPS) is 11.7. The van der Waals surface area contributed by atoms with Gasteiger partial charge in [-0.25, -0.2) is 18.4 Å². The van der Waals surface area contributed by atoms with E-state index in [1.54, 1.807) is 0 Å². The summed E-state index contributed by atoms with van der Waals surface area (Å²) in [5, 5.41) is 4.28. The SMILES string of the molecule is CS(=O)(=O)Cc1ccc(CCNc2ncnc3[nH]ccc23)cc1. The molecule has 0 fully saturated rings. The molecule has 0 aliphatic carbocycles. The van der Waals surface area contributed by atoms with Gasteiger partial charge in [-0.1, -0.05) is 24.3 Å². The molecule has 0 amide bonds. The van der Waals surface area contributed by atoms with E-state index in [1.807, 2.05) is 36.5 Å². The van der Waals surface area contributed by atoms with Crippen LogP contribution in [0.15, 0.2) is 42.9 Å². The van der Waals surface area contributed by atoms with Crippen LogP contribution in [0, 0.1) is 0 Å². The van der Waals surface area contributed by atoms with E-state index in [9.17, 15) is 8.42 Å². The van der Waals surface area contributed by atoms with Gasteiger partial charge in [0.2, 0.25) is 0 Å². The van der Waals surface area contributed by atoms with Crippen LogP contribution in [0.4, 0.5) is 5.82 Å². The third-order valence-corrected chi connectivity index (χ3v) is 4.37. The van der Waals surface area contributed by atoms with E-state index in [0.29, 0.717) is 0 Å². The molecule has 0 aliphatic heterocycles. The lowest BCUT2D eigenvalue weighted by Gasteiger charge is -2.07. The van der Waals surface area contributed by atoms with Crippen LogP contribution < -0.4 is 5.32 Å². The highest BCUT2D eigenvalue weighted by atomic mass is 32.2. The summed E-state index contributed by atoms with van der Waals surface area (Å²) in [5.74, 6) is 0.891. The Hall–Kier alpha value is -2.41. The molecule has 3 aromatic rings. The van der Waals surface area contributed by atoms with Crippen molar-refractivity contribution in [3.8, 4) is 0 Å². The Bertz CT molecular complexity index is 901. The van der Waals surface area contributed by atoms with E-state index in [-0.39, 0.29) is 5.75 Å². The van der Waals surface area contributed by atoms with Crippen molar-refractivity contribution >= 4 is 26.7 Å². The molecule has 0 atom stereocenters. The molecule has 2 aromatic heterocycles. The number of aromatic nitrogens is 3. The number of benzene rings is 1. The molecule has 0 saturated carbocycles. The van der Waals surface area contributed by atoms with Crippen LogP contribution in [0.3, 0.4) is 0 Å². The third-order valence-electron chi connectivity index (χ3n) is 3.51. The van der Waals surface area contributed by atoms with E-state index < -0.39 is 9.84 Å². The summed E-state index contributed by atoms with van der Waals surface area (Å²) in [5.41, 5.74) is 2.77. The predicted molar refractivity (Wildman–Crippen MR) is 91.1 cm³/mol. The van der Waals surface area contributed by atoms with Crippen molar-refractivity contribution in [2.75, 3.05) is 18.1 Å². The molecule has 1 aromatic carbocycles. The van der Waals surface area contributed by atoms with E-state index >= 15 is 0 Å². The van der Waals surface area contributed by atoms with E-state index in [2.05, 4.69) is 20.3 Å². The minimum absolute atomic E-state index is 0.0813. The zero-order chi connectivity index (χ0) is 16.3. The largest absolute Gasteiger partial charge is 0.369 e. The van der Waals surface area contributed by atoms with Crippen molar-refractivity contribution in [1.82, 2.24) is 15.0 Å². The Morgan fingerprint density at radius 3 is 2.57 bits per heavy atom. The number of rotatable bonds is 6. The fraction of sp³-hybridized carbons (Fsp3) is 0.250. The minimum Gasteiger partial charge on any atom is -0.369 e. The van der Waals surface area contributed by atoms with Gasteiger partial charge in [0.05, 0.1) is 11.1 Å². The van der Waals surface area contributed by atoms with Crippen molar-refractivity contribution in [3.63, 3.8) is 0 Å². The van der Waals surface area contributed by atoms with Crippen molar-refractivity contribution in [2.45, 2.75) is 12.2 Å². The van der Waals surface area contributed by atoms with Crippen LogP contribution in [-0.4, -0.2) is 36.2 Å². The first-order chi connectivity index (χ1) is 11.0. The topological polar surface area (TPSA) is 87.7 Å². The van der Waals surface area contributed by atoms with Gasteiger partial charge in [0.15, 0.2) is 9.84 Å². The van der Waals surface area contributed by atoms with E-state index in [4.69, 9.17) is 0 Å². The van der Waals surface area contributed by atoms with Crippen LogP contribution >= 0.6 is 0 Å². The first kappa shape index (κ1) is 15.5. The summed E-state index contributed by atoms with van der Waals surface area (Å²) in [4.78, 5) is 11.5. The molecule has 120 valence electrons. The van der Waals surface area contributed by atoms with Gasteiger partial charge in [0, 0.05) is 19.0 Å². The number of H-pyrrole nitrogens is 1. The highest BCUT2D eigenvalue weighted by Crippen LogP contribution is 2.17. The van der Waals surface area contributed by atoms with Crippen LogP contribution in [0.1, 0.15) is 11.1 Å². The van der Waals surface area contributed by atoms with Gasteiger partial charge in [-0.2, -0.15) is 0 Å². The van der Waals surface area contributed by atoms with Gasteiger partial charge in [-0.3, -0.25) is 0 Å². The van der Waals surface area contributed by atoms with Crippen LogP contribution in [0.2, 0.25) is 0 Å². The quantitative estimate of drug-likeness (QED) is 0.723. The Morgan fingerprint density at radius 1 is 1.09 bits per heavy atom. The third kappa shape index (κ3) is 4.07. The highest BCUT2D eigenvalue weighted by Gasteiger charge is 2.05. The predicted octanol–water partition coefficient (Wildman–Crippen LogP) is 2.16. The summed E-state index contributed by atoms with van der Waals surface area (Å²) in [6.45, 7) is 0.739. The van der Waals surface area contributed by atoms with Crippen molar-refractivity contribution in [1.29, 1.82) is 0 Å². The van der Waals surface area contributed by atoms with Crippen molar-refractivity contribution in [2.24, 2.45) is 0 Å². The molecule has 2 N–H and O–H groups in total. The number of nitrogens with zero attached hydrogens (tertiary/aromatic N) is 2. The second kappa shape index (κ2) is 6.37. The number of hydrogen-bond acceptors (Lipinski definition) is 5. The number of fused-ring (bicyclic) bond motifs is 1. The standard InChI is InChI=1S/C16H18N4O2S/c1-23(21,22)10-13-4-2-12(3-5-13)6-8-17-15-14-7-9-18-16(14)20-11-19-15/h2-5,7,9,11H,6,8,10H2,1H3,(H2,17,18,19,20). The lowest BCUT2D eigenvalue weighted by Crippen LogP contribution is -2.07. The molecule has 0 aliphatic rings. The number of aromatic amines is 1. The Morgan fingerprint density at radius 2 is 1.83 bits per heavy atom. The van der Waals surface area contributed by atoms with Gasteiger partial charge in [-0.15, -0.1) is 0 Å². The summed E-state index contributed by atoms with van der Waals surface area (Å²) < 4.78 is 22.5. The number of anilines is 1. The monoisotopic (exact) mass is 330 g/mol.